The molecule has 0 bridgehead atoms. The predicted molar refractivity (Wildman–Crippen MR) is 74.2 cm³/mol. The molecule has 3 heteroatoms. The van der Waals surface area contributed by atoms with Crippen LogP contribution in [0.2, 0.25) is 0 Å². The normalized spacial score (nSPS) is 17.7. The van der Waals surface area contributed by atoms with Gasteiger partial charge in [-0.25, -0.2) is 0 Å². The van der Waals surface area contributed by atoms with Crippen LogP contribution in [-0.2, 0) is 0 Å². The van der Waals surface area contributed by atoms with Crippen LogP contribution in [-0.4, -0.2) is 31.9 Å². The molecule has 0 aliphatic heterocycles. The van der Waals surface area contributed by atoms with Crippen LogP contribution in [0, 0.1) is 5.92 Å². The van der Waals surface area contributed by atoms with Gasteiger partial charge in [0.05, 0.1) is 13.2 Å². The van der Waals surface area contributed by atoms with Gasteiger partial charge in [0.2, 0.25) is 0 Å². The van der Waals surface area contributed by atoms with Crippen LogP contribution in [0.3, 0.4) is 0 Å². The third-order valence-corrected chi connectivity index (χ3v) is 3.92. The van der Waals surface area contributed by atoms with Gasteiger partial charge in [0, 0.05) is 19.3 Å². The van der Waals surface area contributed by atoms with Crippen molar-refractivity contribution in [1.82, 2.24) is 0 Å². The SMILES string of the molecule is COc1ccc(N(C)CC(O)C2CCCC2)cc1. The molecule has 1 saturated carbocycles. The predicted octanol–water partition coefficient (Wildman–Crippen LogP) is 2.68. The fourth-order valence-electron chi connectivity index (χ4n) is 2.71. The van der Waals surface area contributed by atoms with Crippen molar-refractivity contribution in [3.05, 3.63) is 24.3 Å². The lowest BCUT2D eigenvalue weighted by atomic mass is 10.0. The van der Waals surface area contributed by atoms with Gasteiger partial charge in [0.1, 0.15) is 5.75 Å². The maximum Gasteiger partial charge on any atom is 0.119 e. The number of methoxy groups -OCH3 is 1. The number of likely N-dealkylation sites (N-methyl/N-ethyl adjacent to an activating group) is 1. The first-order valence-corrected chi connectivity index (χ1v) is 6.74. The van der Waals surface area contributed by atoms with E-state index in [2.05, 4.69) is 4.90 Å². The molecule has 1 aromatic rings. The summed E-state index contributed by atoms with van der Waals surface area (Å²) in [6, 6.07) is 7.96. The van der Waals surface area contributed by atoms with E-state index in [1.807, 2.05) is 31.3 Å². The smallest absolute Gasteiger partial charge is 0.119 e. The van der Waals surface area contributed by atoms with Gasteiger partial charge in [-0.2, -0.15) is 0 Å². The second kappa shape index (κ2) is 6.10. The highest BCUT2D eigenvalue weighted by molar-refractivity contribution is 5.48. The van der Waals surface area contributed by atoms with Crippen LogP contribution < -0.4 is 9.64 Å². The molecule has 0 heterocycles. The summed E-state index contributed by atoms with van der Waals surface area (Å²) in [4.78, 5) is 2.11. The highest BCUT2D eigenvalue weighted by Crippen LogP contribution is 2.28. The molecule has 1 aliphatic carbocycles. The van der Waals surface area contributed by atoms with Gasteiger partial charge in [-0.3, -0.25) is 0 Å². The number of anilines is 1. The first kappa shape index (κ1) is 13.2. The molecule has 1 atom stereocenters. The lowest BCUT2D eigenvalue weighted by Gasteiger charge is -2.26. The van der Waals surface area contributed by atoms with Crippen LogP contribution in [0.4, 0.5) is 5.69 Å². The number of ether oxygens (including phenoxy) is 1. The summed E-state index contributed by atoms with van der Waals surface area (Å²) in [5, 5.41) is 10.2. The molecule has 0 aromatic heterocycles. The zero-order valence-corrected chi connectivity index (χ0v) is 11.3. The summed E-state index contributed by atoms with van der Waals surface area (Å²) < 4.78 is 5.14. The topological polar surface area (TPSA) is 32.7 Å². The monoisotopic (exact) mass is 249 g/mol. The number of hydrogen-bond acceptors (Lipinski definition) is 3. The molecule has 2 rings (SSSR count). The average Bonchev–Trinajstić information content (AvgIpc) is 2.92. The van der Waals surface area contributed by atoms with Crippen molar-refractivity contribution in [1.29, 1.82) is 0 Å². The summed E-state index contributed by atoms with van der Waals surface area (Å²) in [6.07, 6.45) is 4.69. The van der Waals surface area contributed by atoms with Gasteiger partial charge < -0.3 is 14.7 Å². The van der Waals surface area contributed by atoms with E-state index in [0.29, 0.717) is 12.5 Å². The molecule has 3 nitrogen and oxygen atoms in total. The molecule has 0 radical (unpaired) electrons. The van der Waals surface area contributed by atoms with E-state index >= 15 is 0 Å². The van der Waals surface area contributed by atoms with Gasteiger partial charge >= 0.3 is 0 Å². The van der Waals surface area contributed by atoms with Crippen molar-refractivity contribution in [3.63, 3.8) is 0 Å². The van der Waals surface area contributed by atoms with Crippen molar-refractivity contribution < 1.29 is 9.84 Å². The van der Waals surface area contributed by atoms with Crippen LogP contribution in [0.5, 0.6) is 5.75 Å². The lowest BCUT2D eigenvalue weighted by molar-refractivity contribution is 0.117. The minimum atomic E-state index is -0.209. The van der Waals surface area contributed by atoms with E-state index in [1.54, 1.807) is 7.11 Å². The Bertz CT molecular complexity index is 357. The van der Waals surface area contributed by atoms with E-state index in [4.69, 9.17) is 4.74 Å². The number of hydrogen-bond donors (Lipinski definition) is 1. The van der Waals surface area contributed by atoms with Gasteiger partial charge in [-0.15, -0.1) is 0 Å². The Labute approximate surface area is 109 Å². The Morgan fingerprint density at radius 3 is 2.44 bits per heavy atom. The zero-order valence-electron chi connectivity index (χ0n) is 11.3. The fourth-order valence-corrected chi connectivity index (χ4v) is 2.71. The number of nitrogens with zero attached hydrogens (tertiary/aromatic N) is 1. The molecule has 100 valence electrons. The molecule has 0 amide bonds. The maximum absolute atomic E-state index is 10.2. The minimum Gasteiger partial charge on any atom is -0.497 e. The van der Waals surface area contributed by atoms with Crippen LogP contribution in [0.1, 0.15) is 25.7 Å². The zero-order chi connectivity index (χ0) is 13.0. The van der Waals surface area contributed by atoms with Crippen LogP contribution in [0.15, 0.2) is 24.3 Å². The Kier molecular flexibility index (Phi) is 4.48. The van der Waals surface area contributed by atoms with E-state index in [0.717, 1.165) is 11.4 Å². The largest absolute Gasteiger partial charge is 0.497 e. The summed E-state index contributed by atoms with van der Waals surface area (Å²) in [5.74, 6) is 1.36. The van der Waals surface area contributed by atoms with Crippen molar-refractivity contribution in [2.75, 3.05) is 25.6 Å². The van der Waals surface area contributed by atoms with E-state index in [1.165, 1.54) is 25.7 Å². The summed E-state index contributed by atoms with van der Waals surface area (Å²) in [6.45, 7) is 0.705. The number of aliphatic hydroxyl groups is 1. The van der Waals surface area contributed by atoms with Crippen LogP contribution >= 0.6 is 0 Å². The number of benzene rings is 1. The van der Waals surface area contributed by atoms with Crippen molar-refractivity contribution in [2.45, 2.75) is 31.8 Å². The van der Waals surface area contributed by atoms with Gasteiger partial charge in [-0.1, -0.05) is 12.8 Å². The number of rotatable bonds is 5. The Morgan fingerprint density at radius 1 is 1.28 bits per heavy atom. The molecule has 0 saturated heterocycles. The molecule has 1 fully saturated rings. The third-order valence-electron chi connectivity index (χ3n) is 3.92. The van der Waals surface area contributed by atoms with E-state index in [-0.39, 0.29) is 6.10 Å². The Morgan fingerprint density at radius 2 is 1.89 bits per heavy atom. The fraction of sp³-hybridized carbons (Fsp3) is 0.600. The summed E-state index contributed by atoms with van der Waals surface area (Å²) >= 11 is 0. The van der Waals surface area contributed by atoms with Gasteiger partial charge in [0.15, 0.2) is 0 Å². The van der Waals surface area contributed by atoms with E-state index < -0.39 is 0 Å². The van der Waals surface area contributed by atoms with Crippen molar-refractivity contribution in [3.8, 4) is 5.75 Å². The van der Waals surface area contributed by atoms with Crippen molar-refractivity contribution in [2.24, 2.45) is 5.92 Å². The molecular weight excluding hydrogens is 226 g/mol. The Hall–Kier alpha value is -1.22. The van der Waals surface area contributed by atoms with E-state index in [9.17, 15) is 5.11 Å². The molecule has 1 unspecified atom stereocenters. The number of aliphatic hydroxyl groups excluding tert-OH is 1. The highest BCUT2D eigenvalue weighted by atomic mass is 16.5. The molecule has 18 heavy (non-hydrogen) atoms. The Balaban J connectivity index is 1.91. The van der Waals surface area contributed by atoms with Gasteiger partial charge in [0.25, 0.3) is 0 Å². The highest BCUT2D eigenvalue weighted by Gasteiger charge is 2.24. The van der Waals surface area contributed by atoms with Crippen molar-refractivity contribution >= 4 is 5.69 Å². The average molecular weight is 249 g/mol. The van der Waals surface area contributed by atoms with Crippen LogP contribution in [0.25, 0.3) is 0 Å². The molecule has 1 N–H and O–H groups in total. The first-order chi connectivity index (χ1) is 8.70. The summed E-state index contributed by atoms with van der Waals surface area (Å²) in [7, 11) is 3.70. The molecule has 1 aromatic carbocycles. The minimum absolute atomic E-state index is 0.209. The molecular formula is C15H23NO2. The lowest BCUT2D eigenvalue weighted by Crippen LogP contribution is -2.33. The van der Waals surface area contributed by atoms with Gasteiger partial charge in [-0.05, 0) is 43.0 Å². The second-order valence-electron chi connectivity index (χ2n) is 5.19. The molecule has 0 spiro atoms. The summed E-state index contributed by atoms with van der Waals surface area (Å²) in [5.41, 5.74) is 1.12. The second-order valence-corrected chi connectivity index (χ2v) is 5.19. The third kappa shape index (κ3) is 3.16. The first-order valence-electron chi connectivity index (χ1n) is 6.74. The maximum atomic E-state index is 10.2. The molecule has 1 aliphatic rings. The standard InChI is InChI=1S/C15H23NO2/c1-16(11-15(17)12-5-3-4-6-12)13-7-9-14(18-2)10-8-13/h7-10,12,15,17H,3-6,11H2,1-2H3. The quantitative estimate of drug-likeness (QED) is 0.871.